The fourth-order valence-corrected chi connectivity index (χ4v) is 2.91. The van der Waals surface area contributed by atoms with Crippen LogP contribution < -0.4 is 5.73 Å². The Hall–Kier alpha value is -1.30. The van der Waals surface area contributed by atoms with E-state index in [0.717, 1.165) is 19.4 Å². The number of nitrogens with zero attached hydrogens (tertiary/aromatic N) is 2. The van der Waals surface area contributed by atoms with Crippen LogP contribution in [0.25, 0.3) is 0 Å². The molecule has 0 aromatic heterocycles. The van der Waals surface area contributed by atoms with Gasteiger partial charge in [0.1, 0.15) is 5.41 Å². The minimum Gasteiger partial charge on any atom is -0.409 e. The van der Waals surface area contributed by atoms with Crippen molar-refractivity contribution in [2.75, 3.05) is 26.8 Å². The van der Waals surface area contributed by atoms with Crippen LogP contribution in [0.5, 0.6) is 0 Å². The largest absolute Gasteiger partial charge is 0.409 e. The van der Waals surface area contributed by atoms with Crippen molar-refractivity contribution in [2.45, 2.75) is 39.5 Å². The molecule has 0 radical (unpaired) electrons. The lowest BCUT2D eigenvalue weighted by molar-refractivity contribution is -0.138. The summed E-state index contributed by atoms with van der Waals surface area (Å²) in [7, 11) is 1.78. The third-order valence-corrected chi connectivity index (χ3v) is 4.35. The third kappa shape index (κ3) is 3.42. The summed E-state index contributed by atoms with van der Waals surface area (Å²) >= 11 is 0. The minimum absolute atomic E-state index is 0.000700. The van der Waals surface area contributed by atoms with Crippen molar-refractivity contribution >= 4 is 11.7 Å². The van der Waals surface area contributed by atoms with Crippen LogP contribution in [0.15, 0.2) is 5.16 Å². The van der Waals surface area contributed by atoms with E-state index in [0.29, 0.717) is 31.9 Å². The second kappa shape index (κ2) is 7.47. The van der Waals surface area contributed by atoms with E-state index < -0.39 is 5.41 Å². The summed E-state index contributed by atoms with van der Waals surface area (Å²) in [6, 6.07) is 0. The van der Waals surface area contributed by atoms with Gasteiger partial charge in [0.05, 0.1) is 6.61 Å². The van der Waals surface area contributed by atoms with Gasteiger partial charge in [-0.25, -0.2) is 0 Å². The molecule has 0 aromatic rings. The Morgan fingerprint density at radius 2 is 2.15 bits per heavy atom. The zero-order valence-electron chi connectivity index (χ0n) is 12.8. The molecule has 1 atom stereocenters. The maximum absolute atomic E-state index is 12.7. The first kappa shape index (κ1) is 16.8. The van der Waals surface area contributed by atoms with E-state index >= 15 is 0 Å². The average Bonchev–Trinajstić information content (AvgIpc) is 2.49. The fraction of sp³-hybridized carbons (Fsp3) is 0.857. The summed E-state index contributed by atoms with van der Waals surface area (Å²) in [5, 5.41) is 12.0. The second-order valence-corrected chi connectivity index (χ2v) is 5.54. The lowest BCUT2D eigenvalue weighted by Crippen LogP contribution is -2.51. The van der Waals surface area contributed by atoms with E-state index in [2.05, 4.69) is 5.16 Å². The van der Waals surface area contributed by atoms with Gasteiger partial charge in [0.15, 0.2) is 5.84 Å². The second-order valence-electron chi connectivity index (χ2n) is 5.54. The van der Waals surface area contributed by atoms with Gasteiger partial charge in [0.25, 0.3) is 0 Å². The van der Waals surface area contributed by atoms with Crippen LogP contribution in [0.3, 0.4) is 0 Å². The highest BCUT2D eigenvalue weighted by atomic mass is 16.5. The lowest BCUT2D eigenvalue weighted by atomic mass is 9.79. The predicted molar refractivity (Wildman–Crippen MR) is 77.6 cm³/mol. The average molecular weight is 285 g/mol. The summed E-state index contributed by atoms with van der Waals surface area (Å²) in [5.41, 5.74) is 4.87. The molecule has 0 saturated carbocycles. The molecule has 1 rings (SSSR count). The number of carbonyl (C=O) groups is 1. The molecule has 20 heavy (non-hydrogen) atoms. The number of ether oxygens (including phenoxy) is 1. The van der Waals surface area contributed by atoms with Crippen molar-refractivity contribution in [1.82, 2.24) is 4.90 Å². The highest BCUT2D eigenvalue weighted by Crippen LogP contribution is 2.30. The van der Waals surface area contributed by atoms with Gasteiger partial charge in [-0.05, 0) is 31.6 Å². The number of oxime groups is 1. The molecule has 6 nitrogen and oxygen atoms in total. The molecule has 1 aliphatic rings. The number of amides is 1. The number of rotatable bonds is 6. The maximum atomic E-state index is 12.7. The molecular formula is C14H27N3O3. The van der Waals surface area contributed by atoms with Crippen molar-refractivity contribution in [3.63, 3.8) is 0 Å². The van der Waals surface area contributed by atoms with Crippen molar-refractivity contribution in [2.24, 2.45) is 22.2 Å². The monoisotopic (exact) mass is 285 g/mol. The van der Waals surface area contributed by atoms with Gasteiger partial charge >= 0.3 is 0 Å². The smallest absolute Gasteiger partial charge is 0.236 e. The molecule has 1 aliphatic heterocycles. The van der Waals surface area contributed by atoms with Gasteiger partial charge < -0.3 is 20.6 Å². The van der Waals surface area contributed by atoms with E-state index in [1.807, 2.05) is 13.8 Å². The van der Waals surface area contributed by atoms with Gasteiger partial charge in [0.2, 0.25) is 5.91 Å². The standard InChI is InChI=1S/C14H27N3O3/c1-4-14(5-2,12(15)16-19)13(18)17(3)9-11-7-6-8-20-10-11/h11,19H,4-10H2,1-3H3,(H2,15,16). The van der Waals surface area contributed by atoms with Crippen LogP contribution in [0.1, 0.15) is 39.5 Å². The van der Waals surface area contributed by atoms with Crippen molar-refractivity contribution < 1.29 is 14.7 Å². The van der Waals surface area contributed by atoms with Crippen LogP contribution in [-0.4, -0.2) is 48.7 Å². The Morgan fingerprint density at radius 1 is 1.50 bits per heavy atom. The molecule has 0 aliphatic carbocycles. The third-order valence-electron chi connectivity index (χ3n) is 4.35. The number of amidine groups is 1. The molecule has 1 heterocycles. The lowest BCUT2D eigenvalue weighted by Gasteiger charge is -2.35. The molecule has 1 unspecified atom stereocenters. The van der Waals surface area contributed by atoms with E-state index in [-0.39, 0.29) is 11.7 Å². The molecule has 0 spiro atoms. The summed E-state index contributed by atoms with van der Waals surface area (Å²) in [6.07, 6.45) is 3.15. The van der Waals surface area contributed by atoms with Gasteiger partial charge in [-0.3, -0.25) is 4.79 Å². The molecule has 116 valence electrons. The van der Waals surface area contributed by atoms with E-state index in [4.69, 9.17) is 15.7 Å². The van der Waals surface area contributed by atoms with Gasteiger partial charge in [-0.1, -0.05) is 19.0 Å². The number of hydrogen-bond acceptors (Lipinski definition) is 4. The summed E-state index contributed by atoms with van der Waals surface area (Å²) in [4.78, 5) is 14.4. The number of carbonyl (C=O) groups excluding carboxylic acids is 1. The topological polar surface area (TPSA) is 88.2 Å². The first-order chi connectivity index (χ1) is 9.51. The Balaban J connectivity index is 2.78. The van der Waals surface area contributed by atoms with E-state index in [1.165, 1.54) is 0 Å². The van der Waals surface area contributed by atoms with E-state index in [1.54, 1.807) is 11.9 Å². The molecule has 6 heteroatoms. The number of hydrogen-bond donors (Lipinski definition) is 2. The van der Waals surface area contributed by atoms with Crippen LogP contribution in [0.2, 0.25) is 0 Å². The molecule has 0 aromatic carbocycles. The molecular weight excluding hydrogens is 258 g/mol. The molecule has 3 N–H and O–H groups in total. The van der Waals surface area contributed by atoms with Crippen LogP contribution in [0, 0.1) is 11.3 Å². The Kier molecular flexibility index (Phi) is 6.26. The fourth-order valence-electron chi connectivity index (χ4n) is 2.91. The summed E-state index contributed by atoms with van der Waals surface area (Å²) in [5.74, 6) is 0.291. The van der Waals surface area contributed by atoms with Gasteiger partial charge in [-0.2, -0.15) is 0 Å². The highest BCUT2D eigenvalue weighted by Gasteiger charge is 2.42. The quantitative estimate of drug-likeness (QED) is 0.334. The van der Waals surface area contributed by atoms with Crippen molar-refractivity contribution in [3.05, 3.63) is 0 Å². The van der Waals surface area contributed by atoms with Gasteiger partial charge in [0, 0.05) is 20.2 Å². The van der Waals surface area contributed by atoms with Gasteiger partial charge in [-0.15, -0.1) is 0 Å². The summed E-state index contributed by atoms with van der Waals surface area (Å²) < 4.78 is 5.44. The first-order valence-corrected chi connectivity index (χ1v) is 7.33. The Morgan fingerprint density at radius 3 is 2.60 bits per heavy atom. The maximum Gasteiger partial charge on any atom is 0.236 e. The van der Waals surface area contributed by atoms with Crippen LogP contribution in [-0.2, 0) is 9.53 Å². The first-order valence-electron chi connectivity index (χ1n) is 7.33. The minimum atomic E-state index is -0.904. The normalized spacial score (nSPS) is 20.8. The zero-order chi connectivity index (χ0) is 15.2. The van der Waals surface area contributed by atoms with Crippen LogP contribution >= 0.6 is 0 Å². The zero-order valence-corrected chi connectivity index (χ0v) is 12.8. The Bertz CT molecular complexity index is 348. The SMILES string of the molecule is CCC(CC)(C(=O)N(C)CC1CCCOC1)C(N)=NO. The van der Waals surface area contributed by atoms with E-state index in [9.17, 15) is 4.79 Å². The molecule has 0 bridgehead atoms. The molecule has 1 amide bonds. The highest BCUT2D eigenvalue weighted by molar-refractivity contribution is 6.06. The summed E-state index contributed by atoms with van der Waals surface area (Å²) in [6.45, 7) is 5.94. The van der Waals surface area contributed by atoms with Crippen molar-refractivity contribution in [3.8, 4) is 0 Å². The predicted octanol–water partition coefficient (Wildman–Crippen LogP) is 1.42. The van der Waals surface area contributed by atoms with Crippen molar-refractivity contribution in [1.29, 1.82) is 0 Å². The molecule has 1 fully saturated rings. The number of nitrogens with two attached hydrogens (primary N) is 1. The molecule has 1 saturated heterocycles. The van der Waals surface area contributed by atoms with Crippen LogP contribution in [0.4, 0.5) is 0 Å². The Labute approximate surface area is 120 Å².